The van der Waals surface area contributed by atoms with Crippen LogP contribution in [0.25, 0.3) is 0 Å². The van der Waals surface area contributed by atoms with Crippen molar-refractivity contribution in [3.63, 3.8) is 0 Å². The van der Waals surface area contributed by atoms with Crippen LogP contribution < -0.4 is 19.9 Å². The molecular weight excluding hydrogens is 292 g/mol. The van der Waals surface area contributed by atoms with Gasteiger partial charge in [0.15, 0.2) is 11.5 Å². The van der Waals surface area contributed by atoms with Gasteiger partial charge in [0, 0.05) is 18.7 Å². The Morgan fingerprint density at radius 3 is 2.33 bits per heavy atom. The highest BCUT2D eigenvalue weighted by atomic mass is 32.2. The molecule has 118 valence electrons. The summed E-state index contributed by atoms with van der Waals surface area (Å²) in [5.41, 5.74) is 6.27. The average molecular weight is 314 g/mol. The summed E-state index contributed by atoms with van der Waals surface area (Å²) in [6.07, 6.45) is 2.05. The molecule has 1 atom stereocenters. The van der Waals surface area contributed by atoms with Gasteiger partial charge < -0.3 is 15.2 Å². The number of hydrogen-bond donors (Lipinski definition) is 2. The number of sulfonamides is 1. The Labute approximate surface area is 125 Å². The first-order valence-electron chi connectivity index (χ1n) is 6.88. The van der Waals surface area contributed by atoms with Crippen molar-refractivity contribution in [1.82, 2.24) is 4.72 Å². The maximum Gasteiger partial charge on any atom is 0.241 e. The molecule has 7 heteroatoms. The normalized spacial score (nSPS) is 16.6. The summed E-state index contributed by atoms with van der Waals surface area (Å²) in [6.45, 7) is 2.03. The largest absolute Gasteiger partial charge is 0.493 e. The predicted molar refractivity (Wildman–Crippen MR) is 80.2 cm³/mol. The first kappa shape index (κ1) is 16.1. The van der Waals surface area contributed by atoms with E-state index in [-0.39, 0.29) is 10.9 Å². The van der Waals surface area contributed by atoms with Crippen LogP contribution in [-0.4, -0.2) is 35.2 Å². The number of nitrogens with one attached hydrogen (secondary N) is 1. The first-order valence-corrected chi connectivity index (χ1v) is 8.36. The first-order chi connectivity index (χ1) is 9.92. The standard InChI is InChI=1S/C14H22N2O4S/c1-9-6-12(19-2)13(20-3)7-14(9)21(17,18)16-11(8-15)10-4-5-10/h6-7,10-11,16H,4-5,8,15H2,1-3H3. The van der Waals surface area contributed by atoms with E-state index in [1.807, 2.05) is 0 Å². The van der Waals surface area contributed by atoms with Gasteiger partial charge in [-0.05, 0) is 37.3 Å². The molecule has 3 N–H and O–H groups in total. The third-order valence-corrected chi connectivity index (χ3v) is 5.35. The molecule has 1 saturated carbocycles. The van der Waals surface area contributed by atoms with Crippen LogP contribution in [0.3, 0.4) is 0 Å². The Balaban J connectivity index is 2.34. The van der Waals surface area contributed by atoms with Crippen LogP contribution in [-0.2, 0) is 10.0 Å². The van der Waals surface area contributed by atoms with Gasteiger partial charge in [0.1, 0.15) is 0 Å². The molecule has 1 unspecified atom stereocenters. The number of rotatable bonds is 7. The molecule has 2 rings (SSSR count). The zero-order valence-electron chi connectivity index (χ0n) is 12.5. The Hall–Kier alpha value is -1.31. The number of hydrogen-bond acceptors (Lipinski definition) is 5. The Kier molecular flexibility index (Phi) is 4.75. The van der Waals surface area contributed by atoms with Crippen LogP contribution in [0.4, 0.5) is 0 Å². The van der Waals surface area contributed by atoms with E-state index in [0.29, 0.717) is 29.5 Å². The lowest BCUT2D eigenvalue weighted by molar-refractivity contribution is 0.353. The van der Waals surface area contributed by atoms with Crippen LogP contribution in [0.5, 0.6) is 11.5 Å². The fourth-order valence-electron chi connectivity index (χ4n) is 2.35. The second-order valence-electron chi connectivity index (χ2n) is 5.27. The van der Waals surface area contributed by atoms with Crippen molar-refractivity contribution in [2.24, 2.45) is 11.7 Å². The highest BCUT2D eigenvalue weighted by molar-refractivity contribution is 7.89. The summed E-state index contributed by atoms with van der Waals surface area (Å²) in [4.78, 5) is 0.194. The number of aryl methyl sites for hydroxylation is 1. The molecular formula is C14H22N2O4S. The van der Waals surface area contributed by atoms with Crippen molar-refractivity contribution >= 4 is 10.0 Å². The zero-order chi connectivity index (χ0) is 15.6. The van der Waals surface area contributed by atoms with Crippen molar-refractivity contribution < 1.29 is 17.9 Å². The molecule has 0 aliphatic heterocycles. The van der Waals surface area contributed by atoms with Gasteiger partial charge >= 0.3 is 0 Å². The average Bonchev–Trinajstić information content (AvgIpc) is 3.28. The third kappa shape index (κ3) is 3.48. The van der Waals surface area contributed by atoms with Crippen LogP contribution in [0, 0.1) is 12.8 Å². The summed E-state index contributed by atoms with van der Waals surface area (Å²) in [5.74, 6) is 1.25. The predicted octanol–water partition coefficient (Wildman–Crippen LogP) is 1.03. The van der Waals surface area contributed by atoms with Gasteiger partial charge in [0.25, 0.3) is 0 Å². The molecule has 0 saturated heterocycles. The topological polar surface area (TPSA) is 90.7 Å². The van der Waals surface area contributed by atoms with Crippen LogP contribution in [0.2, 0.25) is 0 Å². The lowest BCUT2D eigenvalue weighted by Crippen LogP contribution is -2.41. The molecule has 6 nitrogen and oxygen atoms in total. The van der Waals surface area contributed by atoms with Crippen molar-refractivity contribution in [2.45, 2.75) is 30.7 Å². The molecule has 1 aliphatic carbocycles. The summed E-state index contributed by atoms with van der Waals surface area (Å²) in [7, 11) is -0.639. The summed E-state index contributed by atoms with van der Waals surface area (Å²) < 4.78 is 38.2. The lowest BCUT2D eigenvalue weighted by atomic mass is 10.2. The van der Waals surface area contributed by atoms with E-state index in [9.17, 15) is 8.42 Å². The Morgan fingerprint density at radius 2 is 1.86 bits per heavy atom. The van der Waals surface area contributed by atoms with E-state index in [0.717, 1.165) is 12.8 Å². The number of ether oxygens (including phenoxy) is 2. The quantitative estimate of drug-likeness (QED) is 0.784. The van der Waals surface area contributed by atoms with E-state index >= 15 is 0 Å². The summed E-state index contributed by atoms with van der Waals surface area (Å²) in [6, 6.07) is 2.93. The van der Waals surface area contributed by atoms with E-state index in [2.05, 4.69) is 4.72 Å². The van der Waals surface area contributed by atoms with Crippen LogP contribution in [0.1, 0.15) is 18.4 Å². The van der Waals surface area contributed by atoms with Crippen molar-refractivity contribution in [1.29, 1.82) is 0 Å². The van der Waals surface area contributed by atoms with E-state index < -0.39 is 10.0 Å². The monoisotopic (exact) mass is 314 g/mol. The minimum atomic E-state index is -3.63. The fourth-order valence-corrected chi connectivity index (χ4v) is 3.91. The Bertz CT molecular complexity index is 612. The summed E-state index contributed by atoms with van der Waals surface area (Å²) in [5, 5.41) is 0. The molecule has 0 spiro atoms. The molecule has 0 radical (unpaired) electrons. The van der Waals surface area contributed by atoms with Gasteiger partial charge in [0.05, 0.1) is 19.1 Å². The zero-order valence-corrected chi connectivity index (χ0v) is 13.4. The minimum Gasteiger partial charge on any atom is -0.493 e. The lowest BCUT2D eigenvalue weighted by Gasteiger charge is -2.18. The third-order valence-electron chi connectivity index (χ3n) is 3.72. The van der Waals surface area contributed by atoms with E-state index in [1.54, 1.807) is 13.0 Å². The Morgan fingerprint density at radius 1 is 1.29 bits per heavy atom. The van der Waals surface area contributed by atoms with Gasteiger partial charge in [0.2, 0.25) is 10.0 Å². The van der Waals surface area contributed by atoms with Crippen LogP contribution in [0.15, 0.2) is 17.0 Å². The maximum atomic E-state index is 12.6. The summed E-state index contributed by atoms with van der Waals surface area (Å²) >= 11 is 0. The van der Waals surface area contributed by atoms with Crippen LogP contribution >= 0.6 is 0 Å². The molecule has 1 aromatic rings. The molecule has 1 aliphatic rings. The minimum absolute atomic E-state index is 0.194. The highest BCUT2D eigenvalue weighted by Gasteiger charge is 2.34. The van der Waals surface area contributed by atoms with Gasteiger partial charge in [-0.3, -0.25) is 0 Å². The van der Waals surface area contributed by atoms with Gasteiger partial charge in [-0.1, -0.05) is 0 Å². The molecule has 0 aromatic heterocycles. The van der Waals surface area contributed by atoms with Crippen molar-refractivity contribution in [2.75, 3.05) is 20.8 Å². The van der Waals surface area contributed by atoms with Gasteiger partial charge in [-0.2, -0.15) is 0 Å². The second kappa shape index (κ2) is 6.21. The van der Waals surface area contributed by atoms with Crippen molar-refractivity contribution in [3.8, 4) is 11.5 Å². The molecule has 1 aromatic carbocycles. The highest BCUT2D eigenvalue weighted by Crippen LogP contribution is 2.35. The molecule has 21 heavy (non-hydrogen) atoms. The van der Waals surface area contributed by atoms with E-state index in [1.165, 1.54) is 20.3 Å². The molecule has 0 amide bonds. The maximum absolute atomic E-state index is 12.6. The second-order valence-corrected chi connectivity index (χ2v) is 6.96. The fraction of sp³-hybridized carbons (Fsp3) is 0.571. The SMILES string of the molecule is COc1cc(C)c(S(=O)(=O)NC(CN)C2CC2)cc1OC. The van der Waals surface area contributed by atoms with E-state index in [4.69, 9.17) is 15.2 Å². The van der Waals surface area contributed by atoms with Gasteiger partial charge in [-0.15, -0.1) is 0 Å². The van der Waals surface area contributed by atoms with Gasteiger partial charge in [-0.25, -0.2) is 13.1 Å². The molecule has 1 fully saturated rings. The van der Waals surface area contributed by atoms with Crippen molar-refractivity contribution in [3.05, 3.63) is 17.7 Å². The smallest absolute Gasteiger partial charge is 0.241 e. The number of nitrogens with two attached hydrogens (primary N) is 1. The number of methoxy groups -OCH3 is 2. The molecule has 0 heterocycles. The molecule has 0 bridgehead atoms. The number of benzene rings is 1.